The minimum Gasteiger partial charge on any atom is -0.0917 e. The summed E-state index contributed by atoms with van der Waals surface area (Å²) in [4.78, 5) is 0. The summed E-state index contributed by atoms with van der Waals surface area (Å²) in [5.41, 5.74) is 6.35. The summed E-state index contributed by atoms with van der Waals surface area (Å²) in [6, 6.07) is 4.89. The van der Waals surface area contributed by atoms with Gasteiger partial charge >= 0.3 is 0 Å². The van der Waals surface area contributed by atoms with Gasteiger partial charge in [0.2, 0.25) is 0 Å². The van der Waals surface area contributed by atoms with E-state index in [1.807, 2.05) is 0 Å². The summed E-state index contributed by atoms with van der Waals surface area (Å²) in [6.45, 7) is 9.07. The lowest BCUT2D eigenvalue weighted by Crippen LogP contribution is -2.20. The van der Waals surface area contributed by atoms with Crippen LogP contribution in [0.15, 0.2) is 30.4 Å². The van der Waals surface area contributed by atoms with Gasteiger partial charge in [-0.25, -0.2) is 0 Å². The van der Waals surface area contributed by atoms with Gasteiger partial charge in [-0.2, -0.15) is 0 Å². The molecule has 0 saturated carbocycles. The number of unbranched alkanes of at least 4 members (excludes halogenated alkanes) is 2. The average molecular weight is 296 g/mol. The fraction of sp³-hybridized carbons (Fsp3) is 0.545. The van der Waals surface area contributed by atoms with Crippen LogP contribution >= 0.6 is 0 Å². The molecule has 0 spiro atoms. The van der Waals surface area contributed by atoms with Crippen LogP contribution in [-0.4, -0.2) is 0 Å². The Hall–Kier alpha value is -1.30. The number of hydrogen-bond donors (Lipinski definition) is 0. The van der Waals surface area contributed by atoms with Crippen molar-refractivity contribution in [2.24, 2.45) is 5.41 Å². The molecule has 0 nitrogen and oxygen atoms in total. The maximum atomic E-state index is 2.48. The van der Waals surface area contributed by atoms with E-state index in [4.69, 9.17) is 0 Å². The zero-order valence-corrected chi connectivity index (χ0v) is 14.9. The molecule has 1 aliphatic carbocycles. The first-order valence-corrected chi connectivity index (χ1v) is 9.01. The smallest absolute Gasteiger partial charge is 0.00997 e. The third kappa shape index (κ3) is 4.35. The Morgan fingerprint density at radius 2 is 2.05 bits per heavy atom. The van der Waals surface area contributed by atoms with E-state index in [1.165, 1.54) is 61.6 Å². The lowest BCUT2D eigenvalue weighted by Gasteiger charge is -2.31. The van der Waals surface area contributed by atoms with Gasteiger partial charge in [-0.05, 0) is 73.6 Å². The van der Waals surface area contributed by atoms with Crippen LogP contribution in [-0.2, 0) is 12.8 Å². The van der Waals surface area contributed by atoms with Gasteiger partial charge in [0.15, 0.2) is 0 Å². The van der Waals surface area contributed by atoms with Crippen LogP contribution in [0.25, 0.3) is 6.08 Å². The number of fused-ring (bicyclic) bond motifs is 1. The summed E-state index contributed by atoms with van der Waals surface area (Å²) < 4.78 is 0. The normalized spacial score (nSPS) is 20.5. The molecule has 0 radical (unpaired) electrons. The van der Waals surface area contributed by atoms with Gasteiger partial charge < -0.3 is 0 Å². The number of aryl methyl sites for hydroxylation is 2. The Morgan fingerprint density at radius 3 is 2.77 bits per heavy atom. The van der Waals surface area contributed by atoms with Crippen LogP contribution in [0.2, 0.25) is 0 Å². The molecule has 0 aromatic heterocycles. The summed E-state index contributed by atoms with van der Waals surface area (Å²) in [5.74, 6) is 0. The van der Waals surface area contributed by atoms with Crippen molar-refractivity contribution in [2.45, 2.75) is 72.6 Å². The number of hydrogen-bond acceptors (Lipinski definition) is 0. The van der Waals surface area contributed by atoms with Crippen molar-refractivity contribution in [3.8, 4) is 0 Å². The molecule has 1 aliphatic rings. The van der Waals surface area contributed by atoms with Gasteiger partial charge in [0.25, 0.3) is 0 Å². The molecule has 0 fully saturated rings. The van der Waals surface area contributed by atoms with E-state index in [-0.39, 0.29) is 0 Å². The molecule has 0 aliphatic heterocycles. The molecule has 0 bridgehead atoms. The first-order chi connectivity index (χ1) is 10.6. The number of allylic oxidation sites excluding steroid dienone is 3. The van der Waals surface area contributed by atoms with E-state index in [9.17, 15) is 0 Å². The number of rotatable bonds is 7. The predicted octanol–water partition coefficient (Wildman–Crippen LogP) is 6.66. The van der Waals surface area contributed by atoms with Crippen molar-refractivity contribution in [3.05, 3.63) is 52.6 Å². The van der Waals surface area contributed by atoms with Crippen molar-refractivity contribution < 1.29 is 0 Å². The molecular formula is C22H32. The molecule has 0 N–H and O–H groups in total. The zero-order valence-electron chi connectivity index (χ0n) is 14.9. The van der Waals surface area contributed by atoms with E-state index in [2.05, 4.69) is 64.1 Å². The van der Waals surface area contributed by atoms with Crippen LogP contribution in [0.1, 0.15) is 75.1 Å². The Morgan fingerprint density at radius 1 is 1.23 bits per heavy atom. The fourth-order valence-electron chi connectivity index (χ4n) is 3.59. The molecule has 0 heteroatoms. The maximum absolute atomic E-state index is 2.48. The van der Waals surface area contributed by atoms with E-state index >= 15 is 0 Å². The van der Waals surface area contributed by atoms with Crippen LogP contribution in [0.4, 0.5) is 0 Å². The molecular weight excluding hydrogens is 264 g/mol. The Kier molecular flexibility index (Phi) is 6.06. The Balaban J connectivity index is 2.15. The fourth-order valence-corrected chi connectivity index (χ4v) is 3.59. The van der Waals surface area contributed by atoms with Gasteiger partial charge in [-0.3, -0.25) is 0 Å². The molecule has 120 valence electrons. The minimum absolute atomic E-state index is 0.320. The molecule has 2 rings (SSSR count). The Bertz CT molecular complexity index is 547. The van der Waals surface area contributed by atoms with Crippen molar-refractivity contribution in [2.75, 3.05) is 0 Å². The minimum atomic E-state index is 0.320. The van der Waals surface area contributed by atoms with E-state index in [1.54, 1.807) is 5.56 Å². The van der Waals surface area contributed by atoms with Crippen molar-refractivity contribution >= 4 is 6.08 Å². The van der Waals surface area contributed by atoms with Crippen molar-refractivity contribution in [1.29, 1.82) is 0 Å². The highest BCUT2D eigenvalue weighted by Gasteiger charge is 2.25. The maximum Gasteiger partial charge on any atom is -0.00997 e. The molecule has 0 heterocycles. The lowest BCUT2D eigenvalue weighted by molar-refractivity contribution is 0.390. The summed E-state index contributed by atoms with van der Waals surface area (Å²) in [5, 5.41) is 0. The molecule has 1 aromatic carbocycles. The highest BCUT2D eigenvalue weighted by molar-refractivity contribution is 5.62. The lowest BCUT2D eigenvalue weighted by atomic mass is 9.73. The summed E-state index contributed by atoms with van der Waals surface area (Å²) >= 11 is 0. The molecule has 0 saturated heterocycles. The van der Waals surface area contributed by atoms with E-state index in [0.717, 1.165) is 0 Å². The summed E-state index contributed by atoms with van der Waals surface area (Å²) in [6.07, 6.45) is 18.1. The number of benzene rings is 1. The standard InChI is InChI=1S/C22H32/c1-5-7-9-11-19-15-18(3)21-12-14-22(4,13-10-8-6-2)17-20(21)16-19/h6,8,12,14-16H,5,7,9-11,13,17H2,1-4H3/b8-6+. The van der Waals surface area contributed by atoms with Crippen molar-refractivity contribution in [3.63, 3.8) is 0 Å². The van der Waals surface area contributed by atoms with Gasteiger partial charge in [0.1, 0.15) is 0 Å². The zero-order chi connectivity index (χ0) is 16.0. The van der Waals surface area contributed by atoms with E-state index < -0.39 is 0 Å². The van der Waals surface area contributed by atoms with E-state index in [0.29, 0.717) is 5.41 Å². The largest absolute Gasteiger partial charge is 0.0917 e. The molecule has 1 atom stereocenters. The highest BCUT2D eigenvalue weighted by atomic mass is 14.3. The van der Waals surface area contributed by atoms with Gasteiger partial charge in [0.05, 0.1) is 0 Å². The topological polar surface area (TPSA) is 0 Å². The van der Waals surface area contributed by atoms with Crippen LogP contribution in [0, 0.1) is 12.3 Å². The molecule has 22 heavy (non-hydrogen) atoms. The van der Waals surface area contributed by atoms with Gasteiger partial charge in [0, 0.05) is 0 Å². The summed E-state index contributed by atoms with van der Waals surface area (Å²) in [7, 11) is 0. The molecule has 1 aromatic rings. The SMILES string of the molecule is C/C=C/CCC1(C)C=Cc2c(C)cc(CCCCC)cc2C1. The predicted molar refractivity (Wildman–Crippen MR) is 99.3 cm³/mol. The third-order valence-electron chi connectivity index (χ3n) is 4.97. The molecule has 0 amide bonds. The second-order valence-corrected chi connectivity index (χ2v) is 7.21. The van der Waals surface area contributed by atoms with Gasteiger partial charge in [-0.1, -0.05) is 63.1 Å². The first kappa shape index (κ1) is 17.1. The van der Waals surface area contributed by atoms with Crippen molar-refractivity contribution in [1.82, 2.24) is 0 Å². The third-order valence-corrected chi connectivity index (χ3v) is 4.97. The van der Waals surface area contributed by atoms with Crippen LogP contribution in [0.5, 0.6) is 0 Å². The molecule has 1 unspecified atom stereocenters. The monoisotopic (exact) mass is 296 g/mol. The second-order valence-electron chi connectivity index (χ2n) is 7.21. The second kappa shape index (κ2) is 7.81. The quantitative estimate of drug-likeness (QED) is 0.390. The first-order valence-electron chi connectivity index (χ1n) is 9.01. The van der Waals surface area contributed by atoms with Crippen LogP contribution in [0.3, 0.4) is 0 Å². The highest BCUT2D eigenvalue weighted by Crippen LogP contribution is 2.38. The average Bonchev–Trinajstić information content (AvgIpc) is 2.47. The van der Waals surface area contributed by atoms with Gasteiger partial charge in [-0.15, -0.1) is 0 Å². The van der Waals surface area contributed by atoms with Crippen LogP contribution < -0.4 is 0 Å². The Labute approximate surface area is 137 Å².